The summed E-state index contributed by atoms with van der Waals surface area (Å²) in [6.07, 6.45) is 1.97. The number of carbonyl (C=O) groups is 1. The van der Waals surface area contributed by atoms with E-state index in [0.717, 1.165) is 12.7 Å². The molecule has 0 aliphatic rings. The fraction of sp³-hybridized carbons (Fsp3) is 0.188. The first kappa shape index (κ1) is 16.5. The van der Waals surface area contributed by atoms with E-state index in [9.17, 15) is 13.2 Å². The van der Waals surface area contributed by atoms with Crippen molar-refractivity contribution in [3.63, 3.8) is 0 Å². The van der Waals surface area contributed by atoms with Crippen molar-refractivity contribution < 1.29 is 13.2 Å². The molecule has 1 N–H and O–H groups in total. The standard InChI is InChI=1S/C16H16ClNO3S/c1-3-11-4-7-13(8-5-11)18-16(19)12-6-9-14(17)15(10-12)22(2,20)21/h4-10H,3H2,1-2H3,(H,18,19). The van der Waals surface area contributed by atoms with Gasteiger partial charge in [-0.2, -0.15) is 0 Å². The smallest absolute Gasteiger partial charge is 0.255 e. The van der Waals surface area contributed by atoms with Gasteiger partial charge < -0.3 is 5.32 Å². The minimum Gasteiger partial charge on any atom is -0.322 e. The highest BCUT2D eigenvalue weighted by atomic mass is 35.5. The first-order valence-corrected chi connectivity index (χ1v) is 8.98. The number of amides is 1. The molecule has 0 saturated carbocycles. The maximum absolute atomic E-state index is 12.2. The molecule has 0 saturated heterocycles. The molecule has 0 bridgehead atoms. The second kappa shape index (κ2) is 6.50. The Balaban J connectivity index is 2.26. The SMILES string of the molecule is CCc1ccc(NC(=O)c2ccc(Cl)c(S(C)(=O)=O)c2)cc1. The van der Waals surface area contributed by atoms with Crippen LogP contribution in [-0.4, -0.2) is 20.6 Å². The van der Waals surface area contributed by atoms with Crippen molar-refractivity contribution in [2.75, 3.05) is 11.6 Å². The molecule has 6 heteroatoms. The zero-order valence-electron chi connectivity index (χ0n) is 12.3. The van der Waals surface area contributed by atoms with Crippen molar-refractivity contribution in [3.05, 3.63) is 58.6 Å². The number of carbonyl (C=O) groups excluding carboxylic acids is 1. The van der Waals surface area contributed by atoms with Crippen LogP contribution < -0.4 is 5.32 Å². The van der Waals surface area contributed by atoms with E-state index in [0.29, 0.717) is 5.69 Å². The maximum atomic E-state index is 12.2. The molecule has 4 nitrogen and oxygen atoms in total. The number of hydrogen-bond acceptors (Lipinski definition) is 3. The fourth-order valence-corrected chi connectivity index (χ4v) is 3.26. The Morgan fingerprint density at radius 1 is 1.14 bits per heavy atom. The van der Waals surface area contributed by atoms with Crippen molar-refractivity contribution in [3.8, 4) is 0 Å². The number of rotatable bonds is 4. The summed E-state index contributed by atoms with van der Waals surface area (Å²) in [7, 11) is -3.48. The number of sulfone groups is 1. The molecule has 1 amide bonds. The largest absolute Gasteiger partial charge is 0.322 e. The third-order valence-electron chi connectivity index (χ3n) is 3.21. The minimum atomic E-state index is -3.48. The summed E-state index contributed by atoms with van der Waals surface area (Å²) in [4.78, 5) is 12.2. The number of halogens is 1. The second-order valence-electron chi connectivity index (χ2n) is 4.92. The van der Waals surface area contributed by atoms with E-state index in [1.54, 1.807) is 0 Å². The third kappa shape index (κ3) is 3.87. The molecule has 2 rings (SSSR count). The Bertz CT molecular complexity index is 799. The summed E-state index contributed by atoms with van der Waals surface area (Å²) in [6, 6.07) is 11.7. The molecule has 0 radical (unpaired) electrons. The van der Waals surface area contributed by atoms with Crippen LogP contribution in [0.4, 0.5) is 5.69 Å². The highest BCUT2D eigenvalue weighted by Crippen LogP contribution is 2.23. The van der Waals surface area contributed by atoms with Crippen LogP contribution in [0.1, 0.15) is 22.8 Å². The Morgan fingerprint density at radius 3 is 2.32 bits per heavy atom. The minimum absolute atomic E-state index is 0.0526. The first-order chi connectivity index (χ1) is 10.3. The van der Waals surface area contributed by atoms with E-state index in [1.807, 2.05) is 31.2 Å². The molecule has 0 aliphatic carbocycles. The predicted molar refractivity (Wildman–Crippen MR) is 88.3 cm³/mol. The highest BCUT2D eigenvalue weighted by Gasteiger charge is 2.16. The van der Waals surface area contributed by atoms with Gasteiger partial charge in [-0.1, -0.05) is 30.7 Å². The van der Waals surface area contributed by atoms with E-state index >= 15 is 0 Å². The number of benzene rings is 2. The molecule has 0 aliphatic heterocycles. The average molecular weight is 338 g/mol. The van der Waals surface area contributed by atoms with Crippen LogP contribution in [0.25, 0.3) is 0 Å². The van der Waals surface area contributed by atoms with Gasteiger partial charge in [-0.15, -0.1) is 0 Å². The van der Waals surface area contributed by atoms with Gasteiger partial charge in [0.05, 0.1) is 9.92 Å². The molecule has 22 heavy (non-hydrogen) atoms. The quantitative estimate of drug-likeness (QED) is 0.927. The number of hydrogen-bond donors (Lipinski definition) is 1. The Hall–Kier alpha value is -1.85. The molecule has 0 heterocycles. The lowest BCUT2D eigenvalue weighted by Gasteiger charge is -2.08. The fourth-order valence-electron chi connectivity index (χ4n) is 1.96. The van der Waals surface area contributed by atoms with Crippen LogP contribution in [0.2, 0.25) is 5.02 Å². The Labute approximate surface area is 135 Å². The van der Waals surface area contributed by atoms with E-state index in [2.05, 4.69) is 5.32 Å². The maximum Gasteiger partial charge on any atom is 0.255 e. The summed E-state index contributed by atoms with van der Waals surface area (Å²) >= 11 is 5.87. The lowest BCUT2D eigenvalue weighted by atomic mass is 10.1. The molecule has 0 fully saturated rings. The predicted octanol–water partition coefficient (Wildman–Crippen LogP) is 3.56. The van der Waals surface area contributed by atoms with Gasteiger partial charge in [-0.05, 0) is 42.3 Å². The Kier molecular flexibility index (Phi) is 4.88. The highest BCUT2D eigenvalue weighted by molar-refractivity contribution is 7.90. The van der Waals surface area contributed by atoms with Crippen molar-refractivity contribution in [2.45, 2.75) is 18.2 Å². The summed E-state index contributed by atoms with van der Waals surface area (Å²) in [5.74, 6) is -0.384. The van der Waals surface area contributed by atoms with Crippen molar-refractivity contribution >= 4 is 33.0 Å². The van der Waals surface area contributed by atoms with E-state index in [1.165, 1.54) is 23.8 Å². The first-order valence-electron chi connectivity index (χ1n) is 6.71. The molecule has 2 aromatic carbocycles. The van der Waals surface area contributed by atoms with Gasteiger partial charge in [0.2, 0.25) is 0 Å². The van der Waals surface area contributed by atoms with Gasteiger partial charge in [0.1, 0.15) is 0 Å². The topological polar surface area (TPSA) is 63.2 Å². The lowest BCUT2D eigenvalue weighted by Crippen LogP contribution is -2.13. The monoisotopic (exact) mass is 337 g/mol. The van der Waals surface area contributed by atoms with Crippen LogP contribution >= 0.6 is 11.6 Å². The zero-order chi connectivity index (χ0) is 16.3. The molecule has 116 valence electrons. The van der Waals surface area contributed by atoms with Crippen molar-refractivity contribution in [2.24, 2.45) is 0 Å². The average Bonchev–Trinajstić information content (AvgIpc) is 2.47. The zero-order valence-corrected chi connectivity index (χ0v) is 13.8. The molecule has 0 spiro atoms. The van der Waals surface area contributed by atoms with E-state index in [4.69, 9.17) is 11.6 Å². The van der Waals surface area contributed by atoms with Gasteiger partial charge in [-0.3, -0.25) is 4.79 Å². The van der Waals surface area contributed by atoms with Gasteiger partial charge in [0, 0.05) is 17.5 Å². The molecule has 2 aromatic rings. The molecular weight excluding hydrogens is 322 g/mol. The van der Waals surface area contributed by atoms with Gasteiger partial charge in [0.25, 0.3) is 5.91 Å². The van der Waals surface area contributed by atoms with Crippen LogP contribution in [0, 0.1) is 0 Å². The van der Waals surface area contributed by atoms with Crippen molar-refractivity contribution in [1.82, 2.24) is 0 Å². The molecule has 0 atom stereocenters. The van der Waals surface area contributed by atoms with Crippen molar-refractivity contribution in [1.29, 1.82) is 0 Å². The van der Waals surface area contributed by atoms with Crippen LogP contribution in [0.5, 0.6) is 0 Å². The second-order valence-corrected chi connectivity index (χ2v) is 7.31. The van der Waals surface area contributed by atoms with Gasteiger partial charge >= 0.3 is 0 Å². The summed E-state index contributed by atoms with van der Waals surface area (Å²) in [5, 5.41) is 2.83. The van der Waals surface area contributed by atoms with E-state index in [-0.39, 0.29) is 21.4 Å². The van der Waals surface area contributed by atoms with Crippen LogP contribution in [0.3, 0.4) is 0 Å². The van der Waals surface area contributed by atoms with Crippen LogP contribution in [0.15, 0.2) is 47.4 Å². The number of nitrogens with one attached hydrogen (secondary N) is 1. The summed E-state index contributed by atoms with van der Waals surface area (Å²) < 4.78 is 23.3. The molecule has 0 unspecified atom stereocenters. The summed E-state index contributed by atoms with van der Waals surface area (Å²) in [5.41, 5.74) is 2.06. The number of aryl methyl sites for hydroxylation is 1. The Morgan fingerprint density at radius 2 is 1.77 bits per heavy atom. The van der Waals surface area contributed by atoms with E-state index < -0.39 is 9.84 Å². The molecular formula is C16H16ClNO3S. The summed E-state index contributed by atoms with van der Waals surface area (Å²) in [6.45, 7) is 2.05. The van der Waals surface area contributed by atoms with Gasteiger partial charge in [0.15, 0.2) is 9.84 Å². The molecule has 0 aromatic heterocycles. The third-order valence-corrected chi connectivity index (χ3v) is 4.79. The lowest BCUT2D eigenvalue weighted by molar-refractivity contribution is 0.102. The number of anilines is 1. The van der Waals surface area contributed by atoms with Gasteiger partial charge in [-0.25, -0.2) is 8.42 Å². The normalized spacial score (nSPS) is 11.2. The van der Waals surface area contributed by atoms with Crippen LogP contribution in [-0.2, 0) is 16.3 Å².